The van der Waals surface area contributed by atoms with Gasteiger partial charge in [-0.1, -0.05) is 36.4 Å². The maximum Gasteiger partial charge on any atom is 0.331 e. The summed E-state index contributed by atoms with van der Waals surface area (Å²) in [6.45, 7) is 4.62. The van der Waals surface area contributed by atoms with Gasteiger partial charge < -0.3 is 14.0 Å². The molecular formula is C28H29N3O4. The lowest BCUT2D eigenvalue weighted by Crippen LogP contribution is -2.39. The van der Waals surface area contributed by atoms with E-state index in [-0.39, 0.29) is 11.2 Å². The van der Waals surface area contributed by atoms with Gasteiger partial charge in [-0.3, -0.25) is 13.9 Å². The Hall–Kier alpha value is -3.84. The first-order valence-electron chi connectivity index (χ1n) is 11.6. The number of fused-ring (bicyclic) bond motifs is 3. The molecule has 0 bridgehead atoms. The first-order chi connectivity index (χ1) is 16.7. The van der Waals surface area contributed by atoms with E-state index in [0.29, 0.717) is 17.5 Å². The van der Waals surface area contributed by atoms with Gasteiger partial charge >= 0.3 is 5.69 Å². The molecule has 0 unspecified atom stereocenters. The third-order valence-corrected chi connectivity index (χ3v) is 6.73. The van der Waals surface area contributed by atoms with E-state index >= 15 is 0 Å². The van der Waals surface area contributed by atoms with Crippen LogP contribution in [0.4, 0.5) is 0 Å². The van der Waals surface area contributed by atoms with E-state index in [0.717, 1.165) is 28.3 Å². The second kappa shape index (κ2) is 8.43. The van der Waals surface area contributed by atoms with Gasteiger partial charge in [0.1, 0.15) is 11.9 Å². The molecule has 0 radical (unpaired) electrons. The molecule has 0 saturated heterocycles. The van der Waals surface area contributed by atoms with E-state index in [1.54, 1.807) is 18.7 Å². The fraction of sp³-hybridized carbons (Fsp3) is 0.286. The first kappa shape index (κ1) is 22.9. The molecular weight excluding hydrogens is 442 g/mol. The van der Waals surface area contributed by atoms with Gasteiger partial charge in [0.05, 0.1) is 41.5 Å². The van der Waals surface area contributed by atoms with Gasteiger partial charge in [-0.15, -0.1) is 0 Å². The van der Waals surface area contributed by atoms with Crippen molar-refractivity contribution in [2.75, 3.05) is 13.7 Å². The number of hydrogen-bond donors (Lipinski definition) is 0. The van der Waals surface area contributed by atoms with Gasteiger partial charge in [-0.2, -0.15) is 0 Å². The van der Waals surface area contributed by atoms with Gasteiger partial charge in [-0.05, 0) is 55.3 Å². The zero-order chi connectivity index (χ0) is 24.9. The Bertz CT molecular complexity index is 1550. The number of aromatic nitrogens is 3. The second-order valence-electron chi connectivity index (χ2n) is 9.54. The van der Waals surface area contributed by atoms with Crippen LogP contribution in [-0.4, -0.2) is 27.4 Å². The Labute approximate surface area is 203 Å². The summed E-state index contributed by atoms with van der Waals surface area (Å²) in [6, 6.07) is 17.7. The molecule has 0 amide bonds. The van der Waals surface area contributed by atoms with Crippen LogP contribution in [-0.2, 0) is 24.4 Å². The topological polar surface area (TPSA) is 67.4 Å². The lowest BCUT2D eigenvalue weighted by atomic mass is 10.0. The summed E-state index contributed by atoms with van der Waals surface area (Å²) in [5, 5.41) is 0.506. The normalized spacial score (nSPS) is 17.1. The Morgan fingerprint density at radius 3 is 2.34 bits per heavy atom. The minimum absolute atomic E-state index is 0.322. The zero-order valence-corrected chi connectivity index (χ0v) is 20.6. The SMILES string of the molecule is COc1ccc(-c2c3c(=O)n(C)c(=O)n(C)c3c3n2C(C)(C)CO[C@@H]3/C=C/c2ccccc2)cc1. The fourth-order valence-corrected chi connectivity index (χ4v) is 4.96. The highest BCUT2D eigenvalue weighted by Crippen LogP contribution is 2.44. The van der Waals surface area contributed by atoms with E-state index in [9.17, 15) is 9.59 Å². The number of nitrogens with zero attached hydrogens (tertiary/aromatic N) is 3. The minimum atomic E-state index is -0.457. The summed E-state index contributed by atoms with van der Waals surface area (Å²) in [6.07, 6.45) is 3.57. The Kier molecular flexibility index (Phi) is 5.52. The van der Waals surface area contributed by atoms with Crippen LogP contribution in [0.5, 0.6) is 5.75 Å². The molecule has 2 aromatic carbocycles. The van der Waals surface area contributed by atoms with Crippen LogP contribution < -0.4 is 16.0 Å². The molecule has 7 heteroatoms. The van der Waals surface area contributed by atoms with Crippen molar-refractivity contribution in [3.63, 3.8) is 0 Å². The van der Waals surface area contributed by atoms with Crippen molar-refractivity contribution in [1.82, 2.24) is 13.7 Å². The van der Waals surface area contributed by atoms with Crippen LogP contribution in [0.2, 0.25) is 0 Å². The summed E-state index contributed by atoms with van der Waals surface area (Å²) in [5.74, 6) is 0.732. The summed E-state index contributed by atoms with van der Waals surface area (Å²) in [4.78, 5) is 26.6. The van der Waals surface area contributed by atoms with Gasteiger partial charge in [0.25, 0.3) is 5.56 Å². The number of aryl methyl sites for hydroxylation is 1. The largest absolute Gasteiger partial charge is 0.497 e. The number of rotatable bonds is 4. The molecule has 0 N–H and O–H groups in total. The zero-order valence-electron chi connectivity index (χ0n) is 20.6. The molecule has 3 heterocycles. The standard InChI is InChI=1S/C28H29N3O4/c1-28(2)17-35-21(16-11-18-9-7-6-8-10-18)24-25-22(26(32)30(4)27(33)29(25)3)23(31(24)28)19-12-14-20(34-5)15-13-19/h6-16,21H,17H2,1-5H3/b16-11+/t21-/m1/s1. The van der Waals surface area contributed by atoms with E-state index in [1.165, 1.54) is 11.6 Å². The second-order valence-corrected chi connectivity index (χ2v) is 9.54. The Balaban J connectivity index is 1.88. The molecule has 5 rings (SSSR count). The monoisotopic (exact) mass is 471 g/mol. The predicted octanol–water partition coefficient (Wildman–Crippen LogP) is 4.23. The molecule has 0 saturated carbocycles. The van der Waals surface area contributed by atoms with Crippen LogP contribution in [0.25, 0.3) is 28.2 Å². The molecule has 7 nitrogen and oxygen atoms in total. The Morgan fingerprint density at radius 2 is 1.69 bits per heavy atom. The average molecular weight is 472 g/mol. The van der Waals surface area contributed by atoms with Gasteiger partial charge in [0.2, 0.25) is 0 Å². The lowest BCUT2D eigenvalue weighted by molar-refractivity contribution is -0.00302. The number of methoxy groups -OCH3 is 1. The van der Waals surface area contributed by atoms with Crippen LogP contribution >= 0.6 is 0 Å². The number of ether oxygens (including phenoxy) is 2. The van der Waals surface area contributed by atoms with Crippen molar-refractivity contribution in [1.29, 1.82) is 0 Å². The van der Waals surface area contributed by atoms with Crippen LogP contribution in [0.1, 0.15) is 31.2 Å². The summed E-state index contributed by atoms with van der Waals surface area (Å²) in [7, 11) is 4.86. The number of benzene rings is 2. The highest BCUT2D eigenvalue weighted by molar-refractivity contribution is 5.96. The molecule has 4 aromatic rings. The van der Waals surface area contributed by atoms with Crippen molar-refractivity contribution in [2.24, 2.45) is 14.1 Å². The third kappa shape index (κ3) is 3.63. The number of hydrogen-bond acceptors (Lipinski definition) is 4. The molecule has 0 fully saturated rings. The minimum Gasteiger partial charge on any atom is -0.497 e. The summed E-state index contributed by atoms with van der Waals surface area (Å²) in [5.41, 5.74) is 2.94. The summed E-state index contributed by atoms with van der Waals surface area (Å²) < 4.78 is 16.6. The van der Waals surface area contributed by atoms with Crippen molar-refractivity contribution in [3.05, 3.63) is 92.8 Å². The highest BCUT2D eigenvalue weighted by atomic mass is 16.5. The maximum atomic E-state index is 13.6. The first-order valence-corrected chi connectivity index (χ1v) is 11.6. The highest BCUT2D eigenvalue weighted by Gasteiger charge is 2.39. The van der Waals surface area contributed by atoms with Crippen molar-refractivity contribution < 1.29 is 9.47 Å². The van der Waals surface area contributed by atoms with Gasteiger partial charge in [0.15, 0.2) is 0 Å². The van der Waals surface area contributed by atoms with Crippen molar-refractivity contribution in [2.45, 2.75) is 25.5 Å². The fourth-order valence-electron chi connectivity index (χ4n) is 4.96. The van der Waals surface area contributed by atoms with E-state index in [1.807, 2.05) is 66.7 Å². The third-order valence-electron chi connectivity index (χ3n) is 6.73. The smallest absolute Gasteiger partial charge is 0.331 e. The molecule has 2 aromatic heterocycles. The van der Waals surface area contributed by atoms with E-state index in [4.69, 9.17) is 9.47 Å². The molecule has 35 heavy (non-hydrogen) atoms. The summed E-state index contributed by atoms with van der Waals surface area (Å²) >= 11 is 0. The predicted molar refractivity (Wildman–Crippen MR) is 138 cm³/mol. The average Bonchev–Trinajstić information content (AvgIpc) is 3.24. The maximum absolute atomic E-state index is 13.6. The van der Waals surface area contributed by atoms with Crippen molar-refractivity contribution >= 4 is 17.0 Å². The molecule has 1 atom stereocenters. The van der Waals surface area contributed by atoms with Crippen LogP contribution in [0, 0.1) is 0 Å². The molecule has 1 aliphatic rings. The van der Waals surface area contributed by atoms with Crippen LogP contribution in [0.3, 0.4) is 0 Å². The van der Waals surface area contributed by atoms with Gasteiger partial charge in [0, 0.05) is 14.1 Å². The lowest BCUT2D eigenvalue weighted by Gasteiger charge is -2.38. The molecule has 180 valence electrons. The Morgan fingerprint density at radius 1 is 1.00 bits per heavy atom. The molecule has 1 aliphatic heterocycles. The molecule has 0 aliphatic carbocycles. The van der Waals surface area contributed by atoms with Crippen LogP contribution in [0.15, 0.2) is 70.3 Å². The van der Waals surface area contributed by atoms with Crippen molar-refractivity contribution in [3.8, 4) is 17.0 Å². The van der Waals surface area contributed by atoms with E-state index in [2.05, 4.69) is 18.4 Å². The quantitative estimate of drug-likeness (QED) is 0.447. The van der Waals surface area contributed by atoms with E-state index < -0.39 is 11.6 Å². The van der Waals surface area contributed by atoms with Gasteiger partial charge in [-0.25, -0.2) is 4.79 Å². The molecule has 0 spiro atoms.